The number of thioether (sulfide) groups is 1. The number of urea groups is 1. The number of rotatable bonds is 4. The summed E-state index contributed by atoms with van der Waals surface area (Å²) in [6, 6.07) is 3.77. The first kappa shape index (κ1) is 17.7. The van der Waals surface area contributed by atoms with Crippen LogP contribution in [-0.2, 0) is 4.75 Å². The Balaban J connectivity index is 2.14. The predicted octanol–water partition coefficient (Wildman–Crippen LogP) is 5.11. The quantitative estimate of drug-likeness (QED) is 0.789. The van der Waals surface area contributed by atoms with Gasteiger partial charge in [0.15, 0.2) is 4.75 Å². The van der Waals surface area contributed by atoms with Crippen LogP contribution in [0.15, 0.2) is 18.2 Å². The molecule has 1 atom stereocenters. The molecule has 0 spiro atoms. The van der Waals surface area contributed by atoms with E-state index in [0.29, 0.717) is 11.7 Å². The lowest BCUT2D eigenvalue weighted by atomic mass is 9.95. The van der Waals surface area contributed by atoms with Gasteiger partial charge in [-0.1, -0.05) is 11.6 Å². The fraction of sp³-hybridized carbons (Fsp3) is 0.562. The topological polar surface area (TPSA) is 32.3 Å². The van der Waals surface area contributed by atoms with Gasteiger partial charge in [0.05, 0.1) is 6.54 Å². The summed E-state index contributed by atoms with van der Waals surface area (Å²) in [5.41, 5.74) is 0.221. The SMILES string of the molecule is CCN1C[C@@](SCC2CC2)(C(F)(F)F)c2cc(Cl)ccc2NC1=O. The molecule has 3 nitrogen and oxygen atoms in total. The number of anilines is 1. The lowest BCUT2D eigenvalue weighted by molar-refractivity contribution is -0.164. The van der Waals surface area contributed by atoms with Crippen molar-refractivity contribution in [3.05, 3.63) is 28.8 Å². The third kappa shape index (κ3) is 3.20. The maximum Gasteiger partial charge on any atom is 0.409 e. The molecule has 1 N–H and O–H groups in total. The highest BCUT2D eigenvalue weighted by Crippen LogP contribution is 2.55. The third-order valence-electron chi connectivity index (χ3n) is 4.46. The number of halogens is 4. The number of alkyl halides is 3. The van der Waals surface area contributed by atoms with Gasteiger partial charge in [0, 0.05) is 22.8 Å². The second-order valence-corrected chi connectivity index (χ2v) is 7.97. The molecule has 2 amide bonds. The minimum absolute atomic E-state index is 0.0393. The van der Waals surface area contributed by atoms with Gasteiger partial charge < -0.3 is 10.2 Å². The van der Waals surface area contributed by atoms with E-state index < -0.39 is 23.5 Å². The number of nitrogens with zero attached hydrogens (tertiary/aromatic N) is 1. The molecule has 0 unspecified atom stereocenters. The van der Waals surface area contributed by atoms with Crippen molar-refractivity contribution in [3.8, 4) is 0 Å². The van der Waals surface area contributed by atoms with Crippen molar-refractivity contribution < 1.29 is 18.0 Å². The smallest absolute Gasteiger partial charge is 0.323 e. The lowest BCUT2D eigenvalue weighted by Crippen LogP contribution is -2.49. The molecular weight excluding hydrogens is 361 g/mol. The molecule has 2 aliphatic rings. The molecule has 0 bridgehead atoms. The van der Waals surface area contributed by atoms with Gasteiger partial charge in [-0.05, 0) is 49.6 Å². The molecule has 1 aliphatic heterocycles. The number of fused-ring (bicyclic) bond motifs is 1. The number of carbonyl (C=O) groups excluding carboxylic acids is 1. The van der Waals surface area contributed by atoms with Crippen molar-refractivity contribution in [1.82, 2.24) is 4.90 Å². The molecular formula is C16H18ClF3N2OS. The average Bonchev–Trinajstić information content (AvgIpc) is 3.32. The summed E-state index contributed by atoms with van der Waals surface area (Å²) in [5, 5.41) is 2.83. The molecule has 8 heteroatoms. The van der Waals surface area contributed by atoms with Crippen LogP contribution in [-0.4, -0.2) is 35.9 Å². The molecule has 1 aromatic rings. The van der Waals surface area contributed by atoms with Gasteiger partial charge in [-0.3, -0.25) is 0 Å². The first-order valence-electron chi connectivity index (χ1n) is 7.83. The highest BCUT2D eigenvalue weighted by atomic mass is 35.5. The summed E-state index contributed by atoms with van der Waals surface area (Å²) in [6.07, 6.45) is -2.57. The summed E-state index contributed by atoms with van der Waals surface area (Å²) < 4.78 is 40.6. The highest BCUT2D eigenvalue weighted by Gasteiger charge is 2.59. The van der Waals surface area contributed by atoms with E-state index >= 15 is 0 Å². The molecule has 1 aromatic carbocycles. The molecule has 1 aliphatic carbocycles. The van der Waals surface area contributed by atoms with Crippen molar-refractivity contribution in [1.29, 1.82) is 0 Å². The van der Waals surface area contributed by atoms with Crippen LogP contribution in [0.2, 0.25) is 5.02 Å². The van der Waals surface area contributed by atoms with Gasteiger partial charge >= 0.3 is 12.2 Å². The fourth-order valence-electron chi connectivity index (χ4n) is 2.83. The number of likely N-dealkylation sites (N-methyl/N-ethyl adjacent to an activating group) is 1. The van der Waals surface area contributed by atoms with Crippen molar-refractivity contribution in [3.63, 3.8) is 0 Å². The minimum atomic E-state index is -4.51. The van der Waals surface area contributed by atoms with Gasteiger partial charge in [0.2, 0.25) is 0 Å². The van der Waals surface area contributed by atoms with Gasteiger partial charge in [0.25, 0.3) is 0 Å². The molecule has 1 heterocycles. The number of carbonyl (C=O) groups is 1. The van der Waals surface area contributed by atoms with Crippen LogP contribution in [0.1, 0.15) is 25.3 Å². The first-order chi connectivity index (χ1) is 11.3. The summed E-state index contributed by atoms with van der Waals surface area (Å²) in [5.74, 6) is 0.760. The molecule has 0 aromatic heterocycles. The average molecular weight is 379 g/mol. The highest BCUT2D eigenvalue weighted by molar-refractivity contribution is 8.00. The fourth-order valence-corrected chi connectivity index (χ4v) is 4.59. The zero-order valence-corrected chi connectivity index (χ0v) is 14.7. The molecule has 1 fully saturated rings. The van der Waals surface area contributed by atoms with E-state index in [4.69, 9.17) is 11.6 Å². The second kappa shape index (κ2) is 6.33. The minimum Gasteiger partial charge on any atom is -0.323 e. The Morgan fingerprint density at radius 3 is 2.71 bits per heavy atom. The largest absolute Gasteiger partial charge is 0.409 e. The van der Waals surface area contributed by atoms with Crippen molar-refractivity contribution in [2.75, 3.05) is 24.2 Å². The Morgan fingerprint density at radius 1 is 1.42 bits per heavy atom. The standard InChI is InChI=1S/C16H18ClF3N2OS/c1-2-22-9-15(16(18,19)20,24-8-10-3-4-10)12-7-11(17)5-6-13(12)21-14(22)23/h5-7,10H,2-4,8-9H2,1H3,(H,21,23)/t15-/m0/s1. The zero-order chi connectivity index (χ0) is 17.5. The summed E-state index contributed by atoms with van der Waals surface area (Å²) in [4.78, 5) is 13.5. The van der Waals surface area contributed by atoms with Gasteiger partial charge in [-0.2, -0.15) is 13.2 Å². The maximum absolute atomic E-state index is 14.3. The van der Waals surface area contributed by atoms with E-state index in [0.717, 1.165) is 24.6 Å². The Labute approximate surface area is 147 Å². The number of hydrogen-bond acceptors (Lipinski definition) is 2. The summed E-state index contributed by atoms with van der Waals surface area (Å²) in [6.45, 7) is 1.47. The third-order valence-corrected chi connectivity index (χ3v) is 6.41. The number of amides is 2. The zero-order valence-electron chi connectivity index (χ0n) is 13.1. The van der Waals surface area contributed by atoms with Crippen LogP contribution in [0, 0.1) is 5.92 Å². The molecule has 1 saturated carbocycles. The van der Waals surface area contributed by atoms with E-state index in [1.165, 1.54) is 23.1 Å². The van der Waals surface area contributed by atoms with Crippen LogP contribution in [0.4, 0.5) is 23.7 Å². The van der Waals surface area contributed by atoms with Crippen molar-refractivity contribution >= 4 is 35.1 Å². The van der Waals surface area contributed by atoms with E-state index in [1.54, 1.807) is 6.92 Å². The molecule has 132 valence electrons. The van der Waals surface area contributed by atoms with Crippen LogP contribution in [0.5, 0.6) is 0 Å². The van der Waals surface area contributed by atoms with Crippen molar-refractivity contribution in [2.24, 2.45) is 5.92 Å². The lowest BCUT2D eigenvalue weighted by Gasteiger charge is -2.37. The second-order valence-electron chi connectivity index (χ2n) is 6.21. The molecule has 24 heavy (non-hydrogen) atoms. The van der Waals surface area contributed by atoms with Crippen LogP contribution >= 0.6 is 23.4 Å². The van der Waals surface area contributed by atoms with Gasteiger partial charge in [-0.25, -0.2) is 4.79 Å². The predicted molar refractivity (Wildman–Crippen MR) is 90.6 cm³/mol. The number of benzene rings is 1. The summed E-state index contributed by atoms with van der Waals surface area (Å²) in [7, 11) is 0. The number of hydrogen-bond donors (Lipinski definition) is 1. The molecule has 0 saturated heterocycles. The molecule has 0 radical (unpaired) electrons. The van der Waals surface area contributed by atoms with Crippen LogP contribution in [0.25, 0.3) is 0 Å². The number of nitrogens with one attached hydrogen (secondary N) is 1. The van der Waals surface area contributed by atoms with E-state index in [9.17, 15) is 18.0 Å². The Kier molecular flexibility index (Phi) is 4.68. The maximum atomic E-state index is 14.3. The van der Waals surface area contributed by atoms with E-state index in [1.807, 2.05) is 0 Å². The molecule has 3 rings (SSSR count). The van der Waals surface area contributed by atoms with Crippen molar-refractivity contribution in [2.45, 2.75) is 30.7 Å². The van der Waals surface area contributed by atoms with Gasteiger partial charge in [-0.15, -0.1) is 11.8 Å². The Morgan fingerprint density at radius 2 is 2.12 bits per heavy atom. The van der Waals surface area contributed by atoms with Gasteiger partial charge in [0.1, 0.15) is 0 Å². The monoisotopic (exact) mass is 378 g/mol. The van der Waals surface area contributed by atoms with Crippen LogP contribution in [0.3, 0.4) is 0 Å². The van der Waals surface area contributed by atoms with E-state index in [2.05, 4.69) is 5.32 Å². The Hall–Kier alpha value is -1.08. The van der Waals surface area contributed by atoms with Crippen LogP contribution < -0.4 is 5.32 Å². The first-order valence-corrected chi connectivity index (χ1v) is 9.20. The van der Waals surface area contributed by atoms with E-state index in [-0.39, 0.29) is 22.8 Å². The Bertz CT molecular complexity index is 651. The summed E-state index contributed by atoms with van der Waals surface area (Å²) >= 11 is 6.88. The normalized spacial score (nSPS) is 24.4.